The number of nitriles is 1. The third-order valence-electron chi connectivity index (χ3n) is 5.34. The van der Waals surface area contributed by atoms with E-state index in [2.05, 4.69) is 48.0 Å². The Morgan fingerprint density at radius 2 is 1.86 bits per heavy atom. The van der Waals surface area contributed by atoms with E-state index in [-0.39, 0.29) is 12.0 Å². The zero-order chi connectivity index (χ0) is 20.2. The highest BCUT2D eigenvalue weighted by atomic mass is 15.1. The van der Waals surface area contributed by atoms with Crippen LogP contribution >= 0.6 is 0 Å². The summed E-state index contributed by atoms with van der Waals surface area (Å²) in [7, 11) is 0. The lowest BCUT2D eigenvalue weighted by molar-refractivity contribution is 0.508. The normalized spacial score (nSPS) is 13.3. The number of rotatable bonds is 7. The fourth-order valence-electron chi connectivity index (χ4n) is 3.83. The van der Waals surface area contributed by atoms with E-state index in [1.165, 1.54) is 5.56 Å². The van der Waals surface area contributed by atoms with Crippen molar-refractivity contribution in [1.29, 1.82) is 5.26 Å². The second-order valence-electron chi connectivity index (χ2n) is 7.46. The molecule has 2 aromatic heterocycles. The van der Waals surface area contributed by atoms with Crippen molar-refractivity contribution in [2.75, 3.05) is 5.32 Å². The van der Waals surface area contributed by atoms with Gasteiger partial charge in [0.1, 0.15) is 5.52 Å². The Morgan fingerprint density at radius 3 is 2.62 bits per heavy atom. The van der Waals surface area contributed by atoms with Crippen LogP contribution in [0.25, 0.3) is 21.9 Å². The highest BCUT2D eigenvalue weighted by molar-refractivity contribution is 6.06. The van der Waals surface area contributed by atoms with Gasteiger partial charge in [-0.05, 0) is 25.0 Å². The fourth-order valence-corrected chi connectivity index (χ4v) is 3.83. The topological polar surface area (TPSA) is 66.5 Å². The maximum atomic E-state index is 9.53. The summed E-state index contributed by atoms with van der Waals surface area (Å²) in [5.41, 5.74) is 4.01. The summed E-state index contributed by atoms with van der Waals surface area (Å²) in [5.74, 6) is 0.752. The minimum absolute atomic E-state index is 0.0241. The number of aromatic nitrogens is 3. The molecule has 2 heterocycles. The van der Waals surface area contributed by atoms with Gasteiger partial charge in [0.2, 0.25) is 0 Å². The molecule has 2 unspecified atom stereocenters. The van der Waals surface area contributed by atoms with E-state index in [0.29, 0.717) is 6.54 Å². The molecule has 2 aromatic carbocycles. The average Bonchev–Trinajstić information content (AvgIpc) is 3.18. The average molecular weight is 383 g/mol. The number of nitrogens with one attached hydrogen (secondary N) is 1. The minimum atomic E-state index is -0.0241. The van der Waals surface area contributed by atoms with E-state index >= 15 is 0 Å². The summed E-state index contributed by atoms with van der Waals surface area (Å²) >= 11 is 0. The first-order valence-electron chi connectivity index (χ1n) is 10.2. The fraction of sp³-hybridized carbons (Fsp3) is 0.292. The van der Waals surface area contributed by atoms with Crippen LogP contribution < -0.4 is 5.32 Å². The van der Waals surface area contributed by atoms with Gasteiger partial charge in [0.15, 0.2) is 5.82 Å². The van der Waals surface area contributed by atoms with Crippen LogP contribution in [0.15, 0.2) is 60.9 Å². The van der Waals surface area contributed by atoms with Crippen LogP contribution in [0.2, 0.25) is 0 Å². The van der Waals surface area contributed by atoms with Crippen molar-refractivity contribution in [2.45, 2.75) is 39.3 Å². The smallest absolute Gasteiger partial charge is 0.155 e. The molecule has 0 saturated heterocycles. The summed E-state index contributed by atoms with van der Waals surface area (Å²) in [5, 5.41) is 14.1. The molecule has 0 radical (unpaired) electrons. The van der Waals surface area contributed by atoms with Gasteiger partial charge in [-0.1, -0.05) is 61.9 Å². The van der Waals surface area contributed by atoms with Crippen molar-refractivity contribution in [2.24, 2.45) is 5.92 Å². The van der Waals surface area contributed by atoms with Gasteiger partial charge in [0.05, 0.1) is 35.4 Å². The van der Waals surface area contributed by atoms with E-state index in [9.17, 15) is 5.26 Å². The molecule has 1 N–H and O–H groups in total. The second kappa shape index (κ2) is 8.32. The van der Waals surface area contributed by atoms with Gasteiger partial charge in [0.25, 0.3) is 0 Å². The van der Waals surface area contributed by atoms with Crippen LogP contribution in [0.4, 0.5) is 5.82 Å². The molecule has 5 heteroatoms. The zero-order valence-electron chi connectivity index (χ0n) is 16.8. The van der Waals surface area contributed by atoms with Gasteiger partial charge in [0, 0.05) is 11.9 Å². The first-order valence-corrected chi connectivity index (χ1v) is 10.2. The van der Waals surface area contributed by atoms with Crippen LogP contribution in [0.3, 0.4) is 0 Å². The maximum Gasteiger partial charge on any atom is 0.155 e. The molecule has 2 atom stereocenters. The minimum Gasteiger partial charge on any atom is -0.362 e. The monoisotopic (exact) mass is 383 g/mol. The number of hydrogen-bond acceptors (Lipinski definition) is 4. The molecule has 0 aliphatic heterocycles. The SMILES string of the molecule is CCCC(C#N)Cn1cnc2c(NC(C)c3ccccc3)nc3ccccc3c21. The summed E-state index contributed by atoms with van der Waals surface area (Å²) < 4.78 is 2.11. The molecule has 4 rings (SSSR count). The number of imidazole rings is 1. The number of hydrogen-bond donors (Lipinski definition) is 1. The summed E-state index contributed by atoms with van der Waals surface area (Å²) in [6, 6.07) is 21.0. The molecule has 0 saturated carbocycles. The highest BCUT2D eigenvalue weighted by Gasteiger charge is 2.18. The van der Waals surface area contributed by atoms with Crippen molar-refractivity contribution in [3.63, 3.8) is 0 Å². The Kier molecular flexibility index (Phi) is 5.44. The molecule has 146 valence electrons. The molecule has 0 aliphatic rings. The van der Waals surface area contributed by atoms with Crippen molar-refractivity contribution >= 4 is 27.8 Å². The van der Waals surface area contributed by atoms with Gasteiger partial charge >= 0.3 is 0 Å². The number of anilines is 1. The van der Waals surface area contributed by atoms with E-state index in [0.717, 1.165) is 40.6 Å². The highest BCUT2D eigenvalue weighted by Crippen LogP contribution is 2.31. The molecular weight excluding hydrogens is 358 g/mol. The van der Waals surface area contributed by atoms with Gasteiger partial charge in [-0.25, -0.2) is 9.97 Å². The van der Waals surface area contributed by atoms with E-state index in [1.54, 1.807) is 0 Å². The lowest BCUT2D eigenvalue weighted by Gasteiger charge is -2.17. The molecule has 0 aliphatic carbocycles. The molecule has 29 heavy (non-hydrogen) atoms. The third-order valence-corrected chi connectivity index (χ3v) is 5.34. The van der Waals surface area contributed by atoms with E-state index < -0.39 is 0 Å². The third kappa shape index (κ3) is 3.79. The lowest BCUT2D eigenvalue weighted by Crippen LogP contribution is -2.10. The van der Waals surface area contributed by atoms with Crippen LogP contribution in [-0.2, 0) is 6.54 Å². The van der Waals surface area contributed by atoms with Crippen LogP contribution in [-0.4, -0.2) is 14.5 Å². The Labute approximate surface area is 171 Å². The molecule has 0 bridgehead atoms. The quantitative estimate of drug-likeness (QED) is 0.445. The Morgan fingerprint density at radius 1 is 1.10 bits per heavy atom. The molecule has 4 aromatic rings. The van der Waals surface area contributed by atoms with Crippen LogP contribution in [0.1, 0.15) is 38.3 Å². The number of nitrogens with zero attached hydrogens (tertiary/aromatic N) is 4. The Balaban J connectivity index is 1.80. The van der Waals surface area contributed by atoms with Crippen LogP contribution in [0, 0.1) is 17.2 Å². The lowest BCUT2D eigenvalue weighted by atomic mass is 10.1. The Bertz CT molecular complexity index is 1160. The maximum absolute atomic E-state index is 9.53. The molecular formula is C24H25N5. The number of para-hydroxylation sites is 1. The first kappa shape index (κ1) is 18.9. The molecule has 0 spiro atoms. The van der Waals surface area contributed by atoms with Crippen molar-refractivity contribution < 1.29 is 0 Å². The van der Waals surface area contributed by atoms with Gasteiger partial charge in [-0.3, -0.25) is 0 Å². The molecule has 0 fully saturated rings. The number of benzene rings is 2. The Hall–Kier alpha value is -3.39. The van der Waals surface area contributed by atoms with Gasteiger partial charge in [-0.15, -0.1) is 0 Å². The van der Waals surface area contributed by atoms with Crippen molar-refractivity contribution in [3.05, 3.63) is 66.5 Å². The molecule has 5 nitrogen and oxygen atoms in total. The van der Waals surface area contributed by atoms with Crippen molar-refractivity contribution in [3.8, 4) is 6.07 Å². The summed E-state index contributed by atoms with van der Waals surface area (Å²) in [4.78, 5) is 9.56. The van der Waals surface area contributed by atoms with Crippen molar-refractivity contribution in [1.82, 2.24) is 14.5 Å². The van der Waals surface area contributed by atoms with Gasteiger partial charge in [-0.2, -0.15) is 5.26 Å². The number of pyridine rings is 1. The second-order valence-corrected chi connectivity index (χ2v) is 7.46. The van der Waals surface area contributed by atoms with E-state index in [1.807, 2.05) is 42.7 Å². The van der Waals surface area contributed by atoms with Gasteiger partial charge < -0.3 is 9.88 Å². The predicted molar refractivity (Wildman–Crippen MR) is 118 cm³/mol. The van der Waals surface area contributed by atoms with E-state index in [4.69, 9.17) is 9.97 Å². The summed E-state index contributed by atoms with van der Waals surface area (Å²) in [6.07, 6.45) is 3.72. The largest absolute Gasteiger partial charge is 0.362 e. The standard InChI is InChI=1S/C24H25N5/c1-3-9-18(14-25)15-29-16-26-22-23(29)20-12-7-8-13-21(20)28-24(22)27-17(2)19-10-5-4-6-11-19/h4-8,10-13,16-18H,3,9,15H2,1-2H3,(H,27,28). The first-order chi connectivity index (χ1) is 14.2. The zero-order valence-corrected chi connectivity index (χ0v) is 16.8. The molecule has 0 amide bonds. The predicted octanol–water partition coefficient (Wildman–Crippen LogP) is 5.70. The number of fused-ring (bicyclic) bond motifs is 3. The van der Waals surface area contributed by atoms with Crippen LogP contribution in [0.5, 0.6) is 0 Å². The summed E-state index contributed by atoms with van der Waals surface area (Å²) in [6.45, 7) is 4.88.